The molecule has 4 heteroatoms. The third-order valence-electron chi connectivity index (χ3n) is 2.39. The summed E-state index contributed by atoms with van der Waals surface area (Å²) < 4.78 is 1.54. The molecule has 1 aromatic carbocycles. The summed E-state index contributed by atoms with van der Waals surface area (Å²) in [7, 11) is 0. The van der Waals surface area contributed by atoms with Gasteiger partial charge in [0.2, 0.25) is 0 Å². The minimum Gasteiger partial charge on any atom is -0.399 e. The number of hydrogen-bond donors (Lipinski definition) is 2. The lowest BCUT2D eigenvalue weighted by atomic mass is 10.2. The van der Waals surface area contributed by atoms with Gasteiger partial charge in [-0.1, -0.05) is 12.1 Å². The van der Waals surface area contributed by atoms with Crippen LogP contribution in [0.25, 0.3) is 5.69 Å². The Kier molecular flexibility index (Phi) is 2.74. The number of nitrogen functional groups attached to an aromatic ring is 1. The number of hydrogen-bond acceptors (Lipinski definition) is 3. The molecule has 1 aromatic heterocycles. The van der Waals surface area contributed by atoms with Crippen molar-refractivity contribution in [2.24, 2.45) is 5.73 Å². The first-order valence-electron chi connectivity index (χ1n) is 4.98. The number of pyridine rings is 1. The number of benzene rings is 1. The normalized spacial score (nSPS) is 10.3. The Hall–Kier alpha value is -2.07. The van der Waals surface area contributed by atoms with Crippen LogP contribution >= 0.6 is 0 Å². The predicted octanol–water partition coefficient (Wildman–Crippen LogP) is 0.878. The SMILES string of the molecule is NCc1ccc(-n2ccc(N)cc2=O)cc1. The molecule has 0 aliphatic carbocycles. The third kappa shape index (κ3) is 1.97. The van der Waals surface area contributed by atoms with Crippen molar-refractivity contribution < 1.29 is 0 Å². The molecule has 0 amide bonds. The van der Waals surface area contributed by atoms with Gasteiger partial charge >= 0.3 is 0 Å². The van der Waals surface area contributed by atoms with Crippen molar-refractivity contribution in [3.8, 4) is 5.69 Å². The molecule has 0 saturated heterocycles. The number of rotatable bonds is 2. The minimum absolute atomic E-state index is 0.138. The van der Waals surface area contributed by atoms with Crippen LogP contribution in [0.5, 0.6) is 0 Å². The Balaban J connectivity index is 2.46. The number of anilines is 1. The van der Waals surface area contributed by atoms with E-state index >= 15 is 0 Å². The van der Waals surface area contributed by atoms with E-state index in [1.165, 1.54) is 10.6 Å². The highest BCUT2D eigenvalue weighted by Crippen LogP contribution is 2.08. The van der Waals surface area contributed by atoms with E-state index in [0.717, 1.165) is 11.3 Å². The monoisotopic (exact) mass is 215 g/mol. The summed E-state index contributed by atoms with van der Waals surface area (Å²) in [5.74, 6) is 0. The van der Waals surface area contributed by atoms with E-state index in [0.29, 0.717) is 12.2 Å². The second kappa shape index (κ2) is 4.20. The van der Waals surface area contributed by atoms with Crippen LogP contribution in [-0.4, -0.2) is 4.57 Å². The highest BCUT2D eigenvalue weighted by molar-refractivity contribution is 5.40. The van der Waals surface area contributed by atoms with Gasteiger partial charge in [0.15, 0.2) is 0 Å². The molecule has 82 valence electrons. The van der Waals surface area contributed by atoms with Gasteiger partial charge in [0, 0.05) is 30.2 Å². The van der Waals surface area contributed by atoms with Crippen LogP contribution in [0.3, 0.4) is 0 Å². The molecule has 2 rings (SSSR count). The zero-order chi connectivity index (χ0) is 11.5. The molecule has 0 atom stereocenters. The Bertz CT molecular complexity index is 543. The molecular weight excluding hydrogens is 202 g/mol. The zero-order valence-electron chi connectivity index (χ0n) is 8.76. The van der Waals surface area contributed by atoms with Crippen molar-refractivity contribution in [3.63, 3.8) is 0 Å². The largest absolute Gasteiger partial charge is 0.399 e. The Morgan fingerprint density at radius 1 is 1.12 bits per heavy atom. The van der Waals surface area contributed by atoms with E-state index in [1.54, 1.807) is 12.3 Å². The summed E-state index contributed by atoms with van der Waals surface area (Å²) in [6.07, 6.45) is 1.66. The standard InChI is InChI=1S/C12H13N3O/c13-8-9-1-3-11(4-2-9)15-6-5-10(14)7-12(15)16/h1-7H,8,13-14H2. The summed E-state index contributed by atoms with van der Waals surface area (Å²) >= 11 is 0. The molecule has 0 fully saturated rings. The van der Waals surface area contributed by atoms with E-state index in [4.69, 9.17) is 11.5 Å². The summed E-state index contributed by atoms with van der Waals surface area (Å²) in [6, 6.07) is 10.6. The van der Waals surface area contributed by atoms with E-state index in [-0.39, 0.29) is 5.56 Å². The first-order valence-corrected chi connectivity index (χ1v) is 4.98. The highest BCUT2D eigenvalue weighted by Gasteiger charge is 1.99. The topological polar surface area (TPSA) is 74.0 Å². The number of aromatic nitrogens is 1. The summed E-state index contributed by atoms with van der Waals surface area (Å²) in [5.41, 5.74) is 13.2. The van der Waals surface area contributed by atoms with Crippen molar-refractivity contribution >= 4 is 5.69 Å². The lowest BCUT2D eigenvalue weighted by Crippen LogP contribution is -2.16. The average molecular weight is 215 g/mol. The average Bonchev–Trinajstić information content (AvgIpc) is 2.29. The zero-order valence-corrected chi connectivity index (χ0v) is 8.76. The fraction of sp³-hybridized carbons (Fsp3) is 0.0833. The van der Waals surface area contributed by atoms with Crippen molar-refractivity contribution in [3.05, 3.63) is 58.5 Å². The van der Waals surface area contributed by atoms with Gasteiger partial charge in [-0.15, -0.1) is 0 Å². The van der Waals surface area contributed by atoms with Crippen LogP contribution in [0.2, 0.25) is 0 Å². The van der Waals surface area contributed by atoms with E-state index in [2.05, 4.69) is 0 Å². The van der Waals surface area contributed by atoms with Gasteiger partial charge < -0.3 is 11.5 Å². The Labute approximate surface area is 93.1 Å². The third-order valence-corrected chi connectivity index (χ3v) is 2.39. The number of nitrogens with zero attached hydrogens (tertiary/aromatic N) is 1. The molecule has 4 N–H and O–H groups in total. The summed E-state index contributed by atoms with van der Waals surface area (Å²) in [6.45, 7) is 0.497. The molecule has 0 aliphatic heterocycles. The molecule has 0 saturated carbocycles. The first-order chi connectivity index (χ1) is 7.70. The van der Waals surface area contributed by atoms with Gasteiger partial charge in [-0.25, -0.2) is 0 Å². The van der Waals surface area contributed by atoms with Gasteiger partial charge in [-0.05, 0) is 23.8 Å². The van der Waals surface area contributed by atoms with Crippen molar-refractivity contribution in [2.45, 2.75) is 6.54 Å². The molecule has 0 radical (unpaired) electrons. The Morgan fingerprint density at radius 2 is 1.81 bits per heavy atom. The molecule has 2 aromatic rings. The quantitative estimate of drug-likeness (QED) is 0.780. The number of nitrogens with two attached hydrogens (primary N) is 2. The molecule has 4 nitrogen and oxygen atoms in total. The summed E-state index contributed by atoms with van der Waals surface area (Å²) in [5, 5.41) is 0. The summed E-state index contributed by atoms with van der Waals surface area (Å²) in [4.78, 5) is 11.7. The molecular formula is C12H13N3O. The van der Waals surface area contributed by atoms with E-state index in [9.17, 15) is 4.79 Å². The van der Waals surface area contributed by atoms with Crippen LogP contribution in [0, 0.1) is 0 Å². The van der Waals surface area contributed by atoms with Crippen LogP contribution in [0.15, 0.2) is 47.4 Å². The van der Waals surface area contributed by atoms with Crippen LogP contribution < -0.4 is 17.0 Å². The fourth-order valence-electron chi connectivity index (χ4n) is 1.50. The van der Waals surface area contributed by atoms with Crippen LogP contribution in [0.1, 0.15) is 5.56 Å². The molecule has 0 aliphatic rings. The maximum atomic E-state index is 11.7. The second-order valence-corrected chi connectivity index (χ2v) is 3.54. The van der Waals surface area contributed by atoms with Gasteiger partial charge in [-0.2, -0.15) is 0 Å². The van der Waals surface area contributed by atoms with Crippen molar-refractivity contribution in [2.75, 3.05) is 5.73 Å². The van der Waals surface area contributed by atoms with Gasteiger partial charge in [0.25, 0.3) is 5.56 Å². The Morgan fingerprint density at radius 3 is 2.38 bits per heavy atom. The first kappa shape index (κ1) is 10.4. The lowest BCUT2D eigenvalue weighted by Gasteiger charge is -2.06. The highest BCUT2D eigenvalue weighted by atomic mass is 16.1. The lowest BCUT2D eigenvalue weighted by molar-refractivity contribution is 0.985. The predicted molar refractivity (Wildman–Crippen MR) is 64.3 cm³/mol. The van der Waals surface area contributed by atoms with Gasteiger partial charge in [0.1, 0.15) is 0 Å². The molecule has 16 heavy (non-hydrogen) atoms. The molecule has 0 spiro atoms. The molecule has 0 bridgehead atoms. The fourth-order valence-corrected chi connectivity index (χ4v) is 1.50. The molecule has 0 unspecified atom stereocenters. The van der Waals surface area contributed by atoms with E-state index in [1.807, 2.05) is 24.3 Å². The maximum absolute atomic E-state index is 11.7. The van der Waals surface area contributed by atoms with Gasteiger partial charge in [0.05, 0.1) is 0 Å². The maximum Gasteiger partial charge on any atom is 0.257 e. The van der Waals surface area contributed by atoms with Crippen molar-refractivity contribution in [1.29, 1.82) is 0 Å². The minimum atomic E-state index is -0.138. The van der Waals surface area contributed by atoms with Crippen LogP contribution in [-0.2, 0) is 6.54 Å². The van der Waals surface area contributed by atoms with Crippen LogP contribution in [0.4, 0.5) is 5.69 Å². The smallest absolute Gasteiger partial charge is 0.257 e. The van der Waals surface area contributed by atoms with Gasteiger partial charge in [-0.3, -0.25) is 9.36 Å². The molecule has 1 heterocycles. The van der Waals surface area contributed by atoms with Crippen molar-refractivity contribution in [1.82, 2.24) is 4.57 Å². The second-order valence-electron chi connectivity index (χ2n) is 3.54. The van der Waals surface area contributed by atoms with E-state index < -0.39 is 0 Å².